The molecular formula is C57H66F9N6O9P3S3. The van der Waals surface area contributed by atoms with Crippen LogP contribution in [0.15, 0.2) is 146 Å². The third-order valence-corrected chi connectivity index (χ3v) is 17.4. The molecule has 0 aliphatic rings. The molecule has 9 aromatic rings. The maximum atomic E-state index is 10.7. The zero-order valence-electron chi connectivity index (χ0n) is 49.1. The van der Waals surface area contributed by atoms with E-state index in [0.717, 1.165) is 0 Å². The van der Waals surface area contributed by atoms with Crippen LogP contribution < -0.4 is 13.0 Å². The summed E-state index contributed by atoms with van der Waals surface area (Å²) in [6.07, 6.45) is 13.2. The number of aromatic nitrogens is 6. The van der Waals surface area contributed by atoms with Crippen molar-refractivity contribution in [1.82, 2.24) is 12.5 Å². The Morgan fingerprint density at radius 2 is 0.506 bits per heavy atom. The quantitative estimate of drug-likeness (QED) is 0.0767. The van der Waals surface area contributed by atoms with E-state index in [4.69, 9.17) is 38.9 Å². The van der Waals surface area contributed by atoms with Gasteiger partial charge in [0.15, 0.2) is 46.9 Å². The Balaban J connectivity index is 0.000000236. The first kappa shape index (κ1) is 73.6. The molecule has 0 bridgehead atoms. The van der Waals surface area contributed by atoms with E-state index >= 15 is 0 Å². The van der Waals surface area contributed by atoms with E-state index in [2.05, 4.69) is 255 Å². The third-order valence-electron chi connectivity index (χ3n) is 12.5. The third kappa shape index (κ3) is 20.1. The second-order valence-electron chi connectivity index (χ2n) is 21.1. The average molecular weight is 1340 g/mol. The summed E-state index contributed by atoms with van der Waals surface area (Å²) in [5.41, 5.74) is -0.446. The smallest absolute Gasteiger partial charge is 0.485 e. The van der Waals surface area contributed by atoms with Gasteiger partial charge in [-0.25, -0.2) is 25.3 Å². The van der Waals surface area contributed by atoms with E-state index in [0.29, 0.717) is 35.5 Å². The molecule has 6 heterocycles. The first-order chi connectivity index (χ1) is 40.0. The predicted octanol–water partition coefficient (Wildman–Crippen LogP) is 15.3. The number of hydrogen-bond acceptors (Lipinski definition) is 9. The average Bonchev–Trinajstić information content (AvgIpc) is 2.31. The molecule has 0 saturated heterocycles. The number of hydrogen-bond donors (Lipinski definition) is 0. The minimum Gasteiger partial charge on any atom is -0.741 e. The SMILES string of the molecule is CC(C)c1cccc(C(C)C)c1-[n+]1cc2ccccn2p1.CC(C)c1cccc(C(C)C)c1-[n+]1cc2ccccn2p1.CC(C)c1cccc(C(C)C)c1-[n+]1cc2ccccn2p1.O=S(=O)([O-])C(F)(F)F.O=S(=O)([O-])C(F)(F)F.O=S(=O)([O-])C(F)(F)F. The van der Waals surface area contributed by atoms with E-state index in [9.17, 15) is 39.5 Å². The maximum Gasteiger partial charge on any atom is 0.485 e. The molecule has 87 heavy (non-hydrogen) atoms. The molecule has 9 rings (SSSR count). The highest BCUT2D eigenvalue weighted by Crippen LogP contribution is 2.33. The lowest BCUT2D eigenvalue weighted by molar-refractivity contribution is -0.518. The Kier molecular flexibility index (Phi) is 25.4. The van der Waals surface area contributed by atoms with Crippen LogP contribution in [0.4, 0.5) is 39.5 Å². The highest BCUT2D eigenvalue weighted by Gasteiger charge is 2.38. The van der Waals surface area contributed by atoms with Gasteiger partial charge in [0.25, 0.3) is 0 Å². The Labute approximate surface area is 505 Å². The monoisotopic (exact) mass is 1340 g/mol. The first-order valence-corrected chi connectivity index (χ1v) is 33.2. The van der Waals surface area contributed by atoms with Crippen molar-refractivity contribution in [3.63, 3.8) is 0 Å². The highest BCUT2D eigenvalue weighted by atomic mass is 32.2. The molecule has 15 nitrogen and oxygen atoms in total. The van der Waals surface area contributed by atoms with Gasteiger partial charge in [0.05, 0.1) is 18.6 Å². The lowest BCUT2D eigenvalue weighted by Crippen LogP contribution is -2.27. The van der Waals surface area contributed by atoms with E-state index in [1.165, 1.54) is 92.5 Å². The lowest BCUT2D eigenvalue weighted by Gasteiger charge is -2.15. The fourth-order valence-corrected chi connectivity index (χ4v) is 11.5. The van der Waals surface area contributed by atoms with E-state index in [1.54, 1.807) is 0 Å². The second kappa shape index (κ2) is 30.1. The molecule has 0 aliphatic heterocycles. The molecule has 0 atom stereocenters. The van der Waals surface area contributed by atoms with Crippen molar-refractivity contribution in [1.29, 1.82) is 0 Å². The normalized spacial score (nSPS) is 12.6. The van der Waals surface area contributed by atoms with Gasteiger partial charge in [0.2, 0.25) is 0 Å². The Morgan fingerprint density at radius 1 is 0.333 bits per heavy atom. The van der Waals surface area contributed by atoms with E-state index in [1.807, 2.05) is 0 Å². The molecule has 3 aromatic carbocycles. The summed E-state index contributed by atoms with van der Waals surface area (Å²) in [5.74, 6) is 3.14. The number of rotatable bonds is 9. The van der Waals surface area contributed by atoms with Gasteiger partial charge in [-0.3, -0.25) is 0 Å². The number of nitrogens with zero attached hydrogens (tertiary/aromatic N) is 6. The summed E-state index contributed by atoms with van der Waals surface area (Å²) in [6, 6.07) is 39.2. The van der Waals surface area contributed by atoms with Crippen molar-refractivity contribution >= 4 is 72.4 Å². The van der Waals surface area contributed by atoms with E-state index < -0.39 is 46.9 Å². The number of fused-ring (bicyclic) bond motifs is 3. The summed E-state index contributed by atoms with van der Waals surface area (Å²) in [7, 11) is -14.7. The summed E-state index contributed by atoms with van der Waals surface area (Å²) >= 11 is 0. The number of alkyl halides is 9. The van der Waals surface area contributed by atoms with Gasteiger partial charge in [-0.05, 0) is 71.9 Å². The van der Waals surface area contributed by atoms with Crippen LogP contribution in [0.25, 0.3) is 33.6 Å². The Bertz CT molecular complexity index is 3520. The van der Waals surface area contributed by atoms with Crippen molar-refractivity contribution in [3.05, 3.63) is 180 Å². The minimum absolute atomic E-state index is 0.524. The van der Waals surface area contributed by atoms with Crippen molar-refractivity contribution in [2.75, 3.05) is 0 Å². The Hall–Kier alpha value is -5.88. The highest BCUT2D eigenvalue weighted by molar-refractivity contribution is 7.87. The number of benzene rings is 3. The van der Waals surface area contributed by atoms with Crippen molar-refractivity contribution in [2.24, 2.45) is 0 Å². The molecular weight excluding hydrogens is 1270 g/mol. The standard InChI is InChI=1S/3C18H22N2P.3CHF3O3S/c3*1-13(2)16-9-7-10-17(14(3)4)18(16)20-12-15-8-5-6-11-19(15)21-20;3*2-1(3,4)8(5,6)7/h3*5-14H,1-4H3;3*(H,5,6,7)/q3*+1;;;/p-3. The Morgan fingerprint density at radius 3 is 0.644 bits per heavy atom. The zero-order chi connectivity index (χ0) is 65.9. The van der Waals surface area contributed by atoms with Crippen LogP contribution in [0.3, 0.4) is 0 Å². The molecule has 0 spiro atoms. The van der Waals surface area contributed by atoms with Crippen molar-refractivity contribution in [2.45, 2.75) is 135 Å². The molecule has 0 aliphatic carbocycles. The van der Waals surface area contributed by atoms with Gasteiger partial charge in [-0.1, -0.05) is 156 Å². The van der Waals surface area contributed by atoms with Gasteiger partial charge < -0.3 is 13.7 Å². The molecule has 30 heteroatoms. The fraction of sp³-hybridized carbons (Fsp3) is 0.368. The molecule has 0 radical (unpaired) electrons. The molecule has 0 saturated carbocycles. The van der Waals surface area contributed by atoms with Crippen LogP contribution in [-0.2, 0) is 30.4 Å². The summed E-state index contributed by atoms with van der Waals surface area (Å²) in [5, 5.41) is 0. The molecule has 474 valence electrons. The number of pyridine rings is 3. The van der Waals surface area contributed by atoms with Crippen LogP contribution in [0, 0.1) is 0 Å². The second-order valence-corrected chi connectivity index (χ2v) is 28.3. The molecule has 0 unspecified atom stereocenters. The van der Waals surface area contributed by atoms with E-state index in [-0.39, 0.29) is 0 Å². The largest absolute Gasteiger partial charge is 0.741 e. The fourth-order valence-electron chi connectivity index (χ4n) is 8.32. The topological polar surface area (TPSA) is 196 Å². The van der Waals surface area contributed by atoms with Crippen LogP contribution in [0.2, 0.25) is 0 Å². The van der Waals surface area contributed by atoms with Gasteiger partial charge >= 0.3 is 42.1 Å². The molecule has 0 amide bonds. The van der Waals surface area contributed by atoms with Crippen LogP contribution in [-0.4, -0.2) is 67.9 Å². The van der Waals surface area contributed by atoms with Gasteiger partial charge in [0.1, 0.15) is 35.7 Å². The summed E-state index contributed by atoms with van der Waals surface area (Å²) in [6.45, 7) is 27.3. The van der Waals surface area contributed by atoms with Crippen molar-refractivity contribution in [3.8, 4) is 17.1 Å². The van der Waals surface area contributed by atoms with Gasteiger partial charge in [-0.15, -0.1) is 0 Å². The minimum atomic E-state index is -6.09. The van der Waals surface area contributed by atoms with Crippen LogP contribution in [0.1, 0.15) is 152 Å². The number of halogens is 9. The maximum absolute atomic E-state index is 10.7. The zero-order valence-corrected chi connectivity index (χ0v) is 54.3. The number of para-hydroxylation sites is 3. The first-order valence-electron chi connectivity index (χ1n) is 26.5. The van der Waals surface area contributed by atoms with Crippen LogP contribution >= 0.6 is 25.5 Å². The summed E-state index contributed by atoms with van der Waals surface area (Å²) < 4.78 is 191. The summed E-state index contributed by atoms with van der Waals surface area (Å²) in [4.78, 5) is 0. The van der Waals surface area contributed by atoms with Gasteiger partial charge in [-0.2, -0.15) is 65.0 Å². The van der Waals surface area contributed by atoms with Crippen LogP contribution in [0.5, 0.6) is 0 Å². The molecule has 0 fully saturated rings. The molecule has 6 aromatic heterocycles. The van der Waals surface area contributed by atoms with Crippen molar-refractivity contribution < 1.29 is 91.4 Å². The molecule has 0 N–H and O–H groups in total. The lowest BCUT2D eigenvalue weighted by atomic mass is 9.93. The predicted molar refractivity (Wildman–Crippen MR) is 316 cm³/mol. The van der Waals surface area contributed by atoms with Gasteiger partial charge in [0, 0.05) is 33.4 Å².